The van der Waals surface area contributed by atoms with E-state index in [9.17, 15) is 9.59 Å². The molecule has 0 rings (SSSR count). The molecule has 0 aliphatic carbocycles. The highest BCUT2D eigenvalue weighted by Gasteiger charge is 2.05. The molecule has 20 heavy (non-hydrogen) atoms. The summed E-state index contributed by atoms with van der Waals surface area (Å²) < 4.78 is 9.96. The Bertz CT molecular complexity index is 251. The van der Waals surface area contributed by atoms with Gasteiger partial charge in [0, 0.05) is 12.8 Å². The van der Waals surface area contributed by atoms with Gasteiger partial charge < -0.3 is 9.47 Å². The minimum absolute atomic E-state index is 0.151. The predicted octanol–water partition coefficient (Wildman–Crippen LogP) is 4.01. The molecule has 0 aliphatic heterocycles. The second kappa shape index (κ2) is 14.4. The van der Waals surface area contributed by atoms with Crippen LogP contribution in [0.15, 0.2) is 0 Å². The van der Waals surface area contributed by atoms with E-state index in [1.165, 1.54) is 25.7 Å². The van der Waals surface area contributed by atoms with Gasteiger partial charge in [-0.2, -0.15) is 0 Å². The zero-order valence-corrected chi connectivity index (χ0v) is 13.1. The van der Waals surface area contributed by atoms with Crippen LogP contribution in [0.1, 0.15) is 78.1 Å². The van der Waals surface area contributed by atoms with E-state index in [4.69, 9.17) is 9.47 Å². The fourth-order valence-corrected chi connectivity index (χ4v) is 1.91. The van der Waals surface area contributed by atoms with Gasteiger partial charge >= 0.3 is 11.9 Å². The Hall–Kier alpha value is -1.06. The van der Waals surface area contributed by atoms with Crippen LogP contribution in [0.4, 0.5) is 0 Å². The second-order valence-electron chi connectivity index (χ2n) is 5.00. The minimum atomic E-state index is -0.187. The summed E-state index contributed by atoms with van der Waals surface area (Å²) in [5.74, 6) is -0.338. The molecule has 0 N–H and O–H groups in total. The van der Waals surface area contributed by atoms with Crippen molar-refractivity contribution in [3.8, 4) is 0 Å². The first kappa shape index (κ1) is 18.9. The van der Waals surface area contributed by atoms with E-state index in [0.717, 1.165) is 12.8 Å². The van der Waals surface area contributed by atoms with E-state index in [1.54, 1.807) is 6.92 Å². The molecule has 0 saturated heterocycles. The normalized spacial score (nSPS) is 10.3. The van der Waals surface area contributed by atoms with Crippen molar-refractivity contribution >= 4 is 11.9 Å². The van der Waals surface area contributed by atoms with E-state index >= 15 is 0 Å². The number of esters is 2. The average Bonchev–Trinajstić information content (AvgIpc) is 2.43. The number of hydrogen-bond acceptors (Lipinski definition) is 4. The molecule has 0 aromatic heterocycles. The molecule has 0 radical (unpaired) electrons. The zero-order chi connectivity index (χ0) is 15.1. The lowest BCUT2D eigenvalue weighted by atomic mass is 10.1. The number of unbranched alkanes of at least 4 members (excludes halogenated alkanes) is 6. The highest BCUT2D eigenvalue weighted by atomic mass is 16.5. The predicted molar refractivity (Wildman–Crippen MR) is 79.4 cm³/mol. The van der Waals surface area contributed by atoms with Crippen LogP contribution in [0.3, 0.4) is 0 Å². The van der Waals surface area contributed by atoms with E-state index in [1.807, 2.05) is 0 Å². The summed E-state index contributed by atoms with van der Waals surface area (Å²) in [6.45, 7) is 4.93. The molecule has 0 bridgehead atoms. The van der Waals surface area contributed by atoms with Gasteiger partial charge in [0.15, 0.2) is 0 Å². The van der Waals surface area contributed by atoms with Crippen molar-refractivity contribution < 1.29 is 19.1 Å². The van der Waals surface area contributed by atoms with Gasteiger partial charge in [0.2, 0.25) is 0 Å². The van der Waals surface area contributed by atoms with Gasteiger partial charge in [0.25, 0.3) is 0 Å². The maximum Gasteiger partial charge on any atom is 0.305 e. The summed E-state index contributed by atoms with van der Waals surface area (Å²) in [6.07, 6.45) is 9.30. The summed E-state index contributed by atoms with van der Waals surface area (Å²) in [7, 11) is 0. The summed E-state index contributed by atoms with van der Waals surface area (Å²) in [5.41, 5.74) is 0. The average molecular weight is 286 g/mol. The van der Waals surface area contributed by atoms with Crippen molar-refractivity contribution in [2.45, 2.75) is 78.1 Å². The van der Waals surface area contributed by atoms with Crippen LogP contribution in [0, 0.1) is 0 Å². The van der Waals surface area contributed by atoms with Crippen LogP contribution in [0.2, 0.25) is 0 Å². The molecule has 0 saturated carbocycles. The maximum absolute atomic E-state index is 11.4. The first-order valence-corrected chi connectivity index (χ1v) is 8.02. The number of hydrogen-bond donors (Lipinski definition) is 0. The molecule has 0 aliphatic rings. The van der Waals surface area contributed by atoms with E-state index in [-0.39, 0.29) is 11.9 Å². The molecule has 0 aromatic carbocycles. The molecule has 0 unspecified atom stereocenters. The van der Waals surface area contributed by atoms with Gasteiger partial charge in [-0.05, 0) is 26.2 Å². The van der Waals surface area contributed by atoms with Gasteiger partial charge in [-0.1, -0.05) is 39.0 Å². The molecule has 0 fully saturated rings. The first-order chi connectivity index (χ1) is 9.70. The smallest absolute Gasteiger partial charge is 0.305 e. The summed E-state index contributed by atoms with van der Waals surface area (Å²) in [6, 6.07) is 0. The van der Waals surface area contributed by atoms with Crippen molar-refractivity contribution in [1.82, 2.24) is 0 Å². The molecule has 4 nitrogen and oxygen atoms in total. The number of rotatable bonds is 13. The SMILES string of the molecule is CCCCCCCCOC(=O)CCCCC(=O)OCC. The number of ether oxygens (including phenoxy) is 2. The van der Waals surface area contributed by atoms with Crippen LogP contribution in [-0.2, 0) is 19.1 Å². The topological polar surface area (TPSA) is 52.6 Å². The van der Waals surface area contributed by atoms with E-state index in [2.05, 4.69) is 6.92 Å². The van der Waals surface area contributed by atoms with Gasteiger partial charge in [0.1, 0.15) is 0 Å². The van der Waals surface area contributed by atoms with Crippen molar-refractivity contribution in [2.75, 3.05) is 13.2 Å². The molecule has 0 aromatic rings. The minimum Gasteiger partial charge on any atom is -0.466 e. The lowest BCUT2D eigenvalue weighted by Gasteiger charge is -2.05. The highest BCUT2D eigenvalue weighted by molar-refractivity contribution is 5.70. The largest absolute Gasteiger partial charge is 0.466 e. The van der Waals surface area contributed by atoms with Crippen molar-refractivity contribution in [3.05, 3.63) is 0 Å². The van der Waals surface area contributed by atoms with Crippen LogP contribution >= 0.6 is 0 Å². The molecular formula is C16H30O4. The zero-order valence-electron chi connectivity index (χ0n) is 13.1. The quantitative estimate of drug-likeness (QED) is 0.379. The molecule has 0 atom stereocenters. The number of carbonyl (C=O) groups is 2. The van der Waals surface area contributed by atoms with Crippen LogP contribution in [0.5, 0.6) is 0 Å². The summed E-state index contributed by atoms with van der Waals surface area (Å²) in [5, 5.41) is 0. The van der Waals surface area contributed by atoms with Crippen molar-refractivity contribution in [2.24, 2.45) is 0 Å². The van der Waals surface area contributed by atoms with Crippen molar-refractivity contribution in [3.63, 3.8) is 0 Å². The van der Waals surface area contributed by atoms with Crippen molar-refractivity contribution in [1.29, 1.82) is 0 Å². The van der Waals surface area contributed by atoms with Crippen LogP contribution in [-0.4, -0.2) is 25.2 Å². The van der Waals surface area contributed by atoms with E-state index < -0.39 is 0 Å². The van der Waals surface area contributed by atoms with Gasteiger partial charge in [-0.3, -0.25) is 9.59 Å². The van der Waals surface area contributed by atoms with Gasteiger partial charge in [-0.15, -0.1) is 0 Å². The first-order valence-electron chi connectivity index (χ1n) is 8.02. The second-order valence-corrected chi connectivity index (χ2v) is 5.00. The fourth-order valence-electron chi connectivity index (χ4n) is 1.91. The summed E-state index contributed by atoms with van der Waals surface area (Å²) >= 11 is 0. The van der Waals surface area contributed by atoms with Crippen LogP contribution in [0.25, 0.3) is 0 Å². The molecular weight excluding hydrogens is 256 g/mol. The molecule has 0 heterocycles. The van der Waals surface area contributed by atoms with Crippen LogP contribution < -0.4 is 0 Å². The Kier molecular flexibility index (Phi) is 13.6. The monoisotopic (exact) mass is 286 g/mol. The fraction of sp³-hybridized carbons (Fsp3) is 0.875. The molecule has 0 amide bonds. The summed E-state index contributed by atoms with van der Waals surface area (Å²) in [4.78, 5) is 22.5. The van der Waals surface area contributed by atoms with Gasteiger partial charge in [-0.25, -0.2) is 0 Å². The Morgan fingerprint density at radius 3 is 1.85 bits per heavy atom. The Balaban J connectivity index is 3.26. The molecule has 4 heteroatoms. The van der Waals surface area contributed by atoms with E-state index in [0.29, 0.717) is 38.9 Å². The highest BCUT2D eigenvalue weighted by Crippen LogP contribution is 2.06. The lowest BCUT2D eigenvalue weighted by Crippen LogP contribution is -2.07. The third-order valence-corrected chi connectivity index (χ3v) is 3.08. The molecule has 0 spiro atoms. The molecule has 118 valence electrons. The standard InChI is InChI=1S/C16H30O4/c1-3-5-6-7-8-11-14-20-16(18)13-10-9-12-15(17)19-4-2/h3-14H2,1-2H3. The lowest BCUT2D eigenvalue weighted by molar-refractivity contribution is -0.145. The third kappa shape index (κ3) is 13.4. The van der Waals surface area contributed by atoms with Gasteiger partial charge in [0.05, 0.1) is 13.2 Å². The Labute approximate surface area is 123 Å². The third-order valence-electron chi connectivity index (χ3n) is 3.08. The number of carbonyl (C=O) groups excluding carboxylic acids is 2. The maximum atomic E-state index is 11.4. The Morgan fingerprint density at radius 2 is 1.25 bits per heavy atom. The Morgan fingerprint density at radius 1 is 0.700 bits per heavy atom.